The summed E-state index contributed by atoms with van der Waals surface area (Å²) in [6.45, 7) is 8.13. The highest BCUT2D eigenvalue weighted by molar-refractivity contribution is 7.11. The molecule has 0 aliphatic heterocycles. The van der Waals surface area contributed by atoms with E-state index in [9.17, 15) is 4.79 Å². The molecule has 0 radical (unpaired) electrons. The van der Waals surface area contributed by atoms with Gasteiger partial charge in [-0.25, -0.2) is 4.79 Å². The lowest BCUT2D eigenvalue weighted by molar-refractivity contribution is 0.191. The third-order valence-corrected chi connectivity index (χ3v) is 4.91. The predicted molar refractivity (Wildman–Crippen MR) is 85.1 cm³/mol. The fraction of sp³-hybridized carbons (Fsp3) is 0.688. The SMILES string of the molecule is CCc1ccc(CNC(=O)N(CCC(C)C)C2CC2)s1. The Balaban J connectivity index is 1.81. The van der Waals surface area contributed by atoms with E-state index in [0.717, 1.165) is 19.4 Å². The minimum absolute atomic E-state index is 0.111. The molecule has 1 aromatic heterocycles. The third kappa shape index (κ3) is 4.51. The van der Waals surface area contributed by atoms with Gasteiger partial charge in [0.1, 0.15) is 0 Å². The van der Waals surface area contributed by atoms with Crippen LogP contribution in [0.5, 0.6) is 0 Å². The summed E-state index contributed by atoms with van der Waals surface area (Å²) in [4.78, 5) is 17.0. The van der Waals surface area contributed by atoms with E-state index >= 15 is 0 Å². The van der Waals surface area contributed by atoms with Crippen molar-refractivity contribution in [2.24, 2.45) is 5.92 Å². The highest BCUT2D eigenvalue weighted by Gasteiger charge is 2.32. The lowest BCUT2D eigenvalue weighted by Gasteiger charge is -2.23. The largest absolute Gasteiger partial charge is 0.333 e. The molecule has 1 heterocycles. The quantitative estimate of drug-likeness (QED) is 0.809. The molecule has 0 aromatic carbocycles. The van der Waals surface area contributed by atoms with E-state index in [1.54, 1.807) is 11.3 Å². The number of urea groups is 1. The number of thiophene rings is 1. The van der Waals surface area contributed by atoms with Crippen LogP contribution in [0.3, 0.4) is 0 Å². The fourth-order valence-electron chi connectivity index (χ4n) is 2.21. The van der Waals surface area contributed by atoms with Crippen molar-refractivity contribution in [3.8, 4) is 0 Å². The first-order chi connectivity index (χ1) is 9.60. The van der Waals surface area contributed by atoms with Crippen molar-refractivity contribution >= 4 is 17.4 Å². The average molecular weight is 294 g/mol. The number of hydrogen-bond donors (Lipinski definition) is 1. The van der Waals surface area contributed by atoms with Gasteiger partial charge in [-0.15, -0.1) is 11.3 Å². The Morgan fingerprint density at radius 1 is 1.40 bits per heavy atom. The lowest BCUT2D eigenvalue weighted by atomic mass is 10.1. The molecule has 20 heavy (non-hydrogen) atoms. The number of carbonyl (C=O) groups excluding carboxylic acids is 1. The van der Waals surface area contributed by atoms with Gasteiger partial charge in [-0.1, -0.05) is 20.8 Å². The molecule has 2 rings (SSSR count). The molecule has 112 valence electrons. The van der Waals surface area contributed by atoms with Crippen molar-refractivity contribution in [1.82, 2.24) is 10.2 Å². The zero-order valence-electron chi connectivity index (χ0n) is 12.8. The van der Waals surface area contributed by atoms with Crippen LogP contribution in [0.25, 0.3) is 0 Å². The maximum absolute atomic E-state index is 12.3. The molecule has 1 aromatic rings. The maximum atomic E-state index is 12.3. The maximum Gasteiger partial charge on any atom is 0.317 e. The Bertz CT molecular complexity index is 437. The van der Waals surface area contributed by atoms with Crippen LogP contribution < -0.4 is 5.32 Å². The van der Waals surface area contributed by atoms with Crippen molar-refractivity contribution in [3.63, 3.8) is 0 Å². The number of rotatable bonds is 7. The van der Waals surface area contributed by atoms with Crippen molar-refractivity contribution in [3.05, 3.63) is 21.9 Å². The summed E-state index contributed by atoms with van der Waals surface area (Å²) < 4.78 is 0. The molecule has 1 fully saturated rings. The molecule has 0 unspecified atom stereocenters. The van der Waals surface area contributed by atoms with Gasteiger partial charge in [0.15, 0.2) is 0 Å². The van der Waals surface area contributed by atoms with Crippen molar-refractivity contribution in [1.29, 1.82) is 0 Å². The molecular formula is C16H26N2OS. The summed E-state index contributed by atoms with van der Waals surface area (Å²) in [5.41, 5.74) is 0. The van der Waals surface area contributed by atoms with Crippen LogP contribution in [0.15, 0.2) is 12.1 Å². The predicted octanol–water partition coefficient (Wildman–Crippen LogP) is 4.03. The van der Waals surface area contributed by atoms with E-state index in [1.807, 2.05) is 4.90 Å². The summed E-state index contributed by atoms with van der Waals surface area (Å²) in [6.07, 6.45) is 4.50. The highest BCUT2D eigenvalue weighted by Crippen LogP contribution is 2.27. The average Bonchev–Trinajstić information content (AvgIpc) is 3.14. The van der Waals surface area contributed by atoms with Gasteiger partial charge >= 0.3 is 6.03 Å². The van der Waals surface area contributed by atoms with E-state index in [0.29, 0.717) is 18.5 Å². The zero-order chi connectivity index (χ0) is 14.5. The Kier molecular flexibility index (Phi) is 5.46. The topological polar surface area (TPSA) is 32.3 Å². The van der Waals surface area contributed by atoms with Gasteiger partial charge in [-0.3, -0.25) is 0 Å². The van der Waals surface area contributed by atoms with Crippen LogP contribution in [0.1, 0.15) is 49.8 Å². The Labute approximate surface area is 126 Å². The monoisotopic (exact) mass is 294 g/mol. The van der Waals surface area contributed by atoms with Gasteiger partial charge in [-0.2, -0.15) is 0 Å². The summed E-state index contributed by atoms with van der Waals surface area (Å²) in [5, 5.41) is 3.08. The van der Waals surface area contributed by atoms with Crippen LogP contribution >= 0.6 is 11.3 Å². The first-order valence-electron chi connectivity index (χ1n) is 7.72. The summed E-state index contributed by atoms with van der Waals surface area (Å²) in [6, 6.07) is 4.88. The molecule has 0 saturated heterocycles. The second-order valence-electron chi connectivity index (χ2n) is 5.99. The van der Waals surface area contributed by atoms with Crippen molar-refractivity contribution < 1.29 is 4.79 Å². The Hall–Kier alpha value is -1.03. The molecule has 1 aliphatic rings. The van der Waals surface area contributed by atoms with Crippen LogP contribution in [0, 0.1) is 5.92 Å². The van der Waals surface area contributed by atoms with Gasteiger partial charge < -0.3 is 10.2 Å². The number of hydrogen-bond acceptors (Lipinski definition) is 2. The molecular weight excluding hydrogens is 268 g/mol. The summed E-state index contributed by atoms with van der Waals surface area (Å²) >= 11 is 1.80. The zero-order valence-corrected chi connectivity index (χ0v) is 13.6. The number of nitrogens with zero attached hydrogens (tertiary/aromatic N) is 1. The highest BCUT2D eigenvalue weighted by atomic mass is 32.1. The Morgan fingerprint density at radius 3 is 2.65 bits per heavy atom. The smallest absolute Gasteiger partial charge is 0.317 e. The molecule has 1 N–H and O–H groups in total. The standard InChI is InChI=1S/C16H26N2OS/c1-4-14-7-8-15(20-14)11-17-16(19)18(13-5-6-13)10-9-12(2)3/h7-8,12-13H,4-6,9-11H2,1-3H3,(H,17,19). The van der Waals surface area contributed by atoms with Gasteiger partial charge in [-0.05, 0) is 43.7 Å². The normalized spacial score (nSPS) is 14.6. The first kappa shape index (κ1) is 15.4. The van der Waals surface area contributed by atoms with E-state index in [-0.39, 0.29) is 6.03 Å². The molecule has 0 bridgehead atoms. The van der Waals surface area contributed by atoms with Gasteiger partial charge in [0.05, 0.1) is 6.54 Å². The molecule has 2 amide bonds. The van der Waals surface area contributed by atoms with Crippen LogP contribution in [-0.2, 0) is 13.0 Å². The fourth-order valence-corrected chi connectivity index (χ4v) is 3.10. The van der Waals surface area contributed by atoms with Crippen molar-refractivity contribution in [2.45, 2.75) is 59.0 Å². The van der Waals surface area contributed by atoms with Gasteiger partial charge in [0, 0.05) is 22.3 Å². The Morgan fingerprint density at radius 2 is 2.10 bits per heavy atom. The lowest BCUT2D eigenvalue weighted by Crippen LogP contribution is -2.41. The first-order valence-corrected chi connectivity index (χ1v) is 8.53. The van der Waals surface area contributed by atoms with E-state index in [4.69, 9.17) is 0 Å². The second kappa shape index (κ2) is 7.11. The van der Waals surface area contributed by atoms with Crippen molar-refractivity contribution in [2.75, 3.05) is 6.54 Å². The number of amides is 2. The van der Waals surface area contributed by atoms with E-state index in [2.05, 4.69) is 38.2 Å². The second-order valence-corrected chi connectivity index (χ2v) is 7.24. The molecule has 3 nitrogen and oxygen atoms in total. The van der Waals surface area contributed by atoms with Gasteiger partial charge in [0.25, 0.3) is 0 Å². The summed E-state index contributed by atoms with van der Waals surface area (Å²) in [5.74, 6) is 0.647. The summed E-state index contributed by atoms with van der Waals surface area (Å²) in [7, 11) is 0. The minimum Gasteiger partial charge on any atom is -0.333 e. The number of carbonyl (C=O) groups is 1. The van der Waals surface area contributed by atoms with Gasteiger partial charge in [0.2, 0.25) is 0 Å². The third-order valence-electron chi connectivity index (χ3n) is 3.68. The molecule has 4 heteroatoms. The van der Waals surface area contributed by atoms with E-state index < -0.39 is 0 Å². The molecule has 1 aliphatic carbocycles. The van der Waals surface area contributed by atoms with Crippen LogP contribution in [0.2, 0.25) is 0 Å². The number of aryl methyl sites for hydroxylation is 1. The molecule has 1 saturated carbocycles. The van der Waals surface area contributed by atoms with E-state index in [1.165, 1.54) is 22.6 Å². The number of nitrogens with one attached hydrogen (secondary N) is 1. The molecule has 0 spiro atoms. The minimum atomic E-state index is 0.111. The molecule has 0 atom stereocenters. The van der Waals surface area contributed by atoms with Crippen LogP contribution in [-0.4, -0.2) is 23.5 Å². The van der Waals surface area contributed by atoms with Crippen LogP contribution in [0.4, 0.5) is 4.79 Å².